The number of rotatable bonds is 2. The predicted octanol–water partition coefficient (Wildman–Crippen LogP) is 3.13. The number of ketones is 1. The number of carbonyl (C=O) groups excluding carboxylic acids is 1. The quantitative estimate of drug-likeness (QED) is 0.753. The number of benzene rings is 1. The summed E-state index contributed by atoms with van der Waals surface area (Å²) in [6.45, 7) is 2.95. The van der Waals surface area contributed by atoms with Crippen molar-refractivity contribution in [2.45, 2.75) is 13.8 Å². The summed E-state index contributed by atoms with van der Waals surface area (Å²) in [7, 11) is 0. The van der Waals surface area contributed by atoms with Crippen molar-refractivity contribution < 1.29 is 18.1 Å². The summed E-state index contributed by atoms with van der Waals surface area (Å²) in [5.41, 5.74) is 0.829. The average molecular weight is 237 g/mol. The Morgan fingerprint density at radius 1 is 1.29 bits per heavy atom. The molecule has 0 aliphatic carbocycles. The van der Waals surface area contributed by atoms with Gasteiger partial charge < -0.3 is 4.52 Å². The van der Waals surface area contributed by atoms with Gasteiger partial charge in [0.05, 0.1) is 5.56 Å². The van der Waals surface area contributed by atoms with Gasteiger partial charge in [0.25, 0.3) is 0 Å². The van der Waals surface area contributed by atoms with Gasteiger partial charge in [0.1, 0.15) is 11.5 Å². The van der Waals surface area contributed by atoms with Gasteiger partial charge in [-0.3, -0.25) is 4.79 Å². The van der Waals surface area contributed by atoms with E-state index in [2.05, 4.69) is 5.16 Å². The van der Waals surface area contributed by atoms with Gasteiger partial charge in [-0.1, -0.05) is 5.16 Å². The highest BCUT2D eigenvalue weighted by Gasteiger charge is 2.19. The van der Waals surface area contributed by atoms with Crippen molar-refractivity contribution in [3.63, 3.8) is 0 Å². The highest BCUT2D eigenvalue weighted by molar-refractivity contribution is 6.00. The van der Waals surface area contributed by atoms with Gasteiger partial charge in [-0.2, -0.15) is 0 Å². The molecule has 0 unspecified atom stereocenters. The Morgan fingerprint density at radius 2 is 2.00 bits per heavy atom. The molecule has 0 saturated carbocycles. The maximum atomic E-state index is 13.1. The van der Waals surface area contributed by atoms with Crippen LogP contribution in [0.3, 0.4) is 0 Å². The molecule has 0 fully saturated rings. The topological polar surface area (TPSA) is 43.1 Å². The number of carbonyl (C=O) groups is 1. The van der Waals surface area contributed by atoms with Crippen LogP contribution in [0.4, 0.5) is 8.78 Å². The third-order valence-corrected chi connectivity index (χ3v) is 2.41. The van der Waals surface area contributed by atoms with E-state index < -0.39 is 11.6 Å². The molecule has 2 rings (SSSR count). The number of aromatic nitrogens is 1. The van der Waals surface area contributed by atoms with Crippen LogP contribution in [0, 0.1) is 18.6 Å². The van der Waals surface area contributed by atoms with Gasteiger partial charge >= 0.3 is 0 Å². The molecule has 0 aliphatic heterocycles. The molecule has 17 heavy (non-hydrogen) atoms. The summed E-state index contributed by atoms with van der Waals surface area (Å²) >= 11 is 0. The molecule has 0 atom stereocenters. The molecular formula is C12H9F2NO2. The van der Waals surface area contributed by atoms with Gasteiger partial charge in [0, 0.05) is 5.56 Å². The Bertz CT molecular complexity index is 590. The first kappa shape index (κ1) is 11.4. The molecule has 1 aromatic carbocycles. The predicted molar refractivity (Wildman–Crippen MR) is 56.6 cm³/mol. The van der Waals surface area contributed by atoms with Crippen LogP contribution in [-0.2, 0) is 0 Å². The minimum Gasteiger partial charge on any atom is -0.360 e. The van der Waals surface area contributed by atoms with Crippen molar-refractivity contribution in [2.75, 3.05) is 0 Å². The average Bonchev–Trinajstić information content (AvgIpc) is 2.64. The number of nitrogens with zero attached hydrogens (tertiary/aromatic N) is 1. The zero-order chi connectivity index (χ0) is 12.6. The molecule has 5 heteroatoms. The van der Waals surface area contributed by atoms with Crippen LogP contribution < -0.4 is 0 Å². The van der Waals surface area contributed by atoms with E-state index in [9.17, 15) is 13.6 Å². The van der Waals surface area contributed by atoms with E-state index in [0.29, 0.717) is 11.3 Å². The first-order valence-electron chi connectivity index (χ1n) is 4.93. The molecule has 0 spiro atoms. The molecule has 2 aromatic rings. The van der Waals surface area contributed by atoms with Gasteiger partial charge in [-0.15, -0.1) is 0 Å². The summed E-state index contributed by atoms with van der Waals surface area (Å²) in [6, 6.07) is 3.32. The van der Waals surface area contributed by atoms with Crippen molar-refractivity contribution in [3.8, 4) is 11.3 Å². The van der Waals surface area contributed by atoms with Crippen LogP contribution in [0.1, 0.15) is 23.0 Å². The highest BCUT2D eigenvalue weighted by atomic mass is 19.2. The van der Waals surface area contributed by atoms with Crippen LogP contribution >= 0.6 is 0 Å². The van der Waals surface area contributed by atoms with Crippen LogP contribution in [0.5, 0.6) is 0 Å². The number of aryl methyl sites for hydroxylation is 1. The fraction of sp³-hybridized carbons (Fsp3) is 0.167. The lowest BCUT2D eigenvalue weighted by atomic mass is 10.0. The second-order valence-electron chi connectivity index (χ2n) is 3.65. The van der Waals surface area contributed by atoms with E-state index >= 15 is 0 Å². The number of hydrogen-bond donors (Lipinski definition) is 0. The molecule has 88 valence electrons. The Kier molecular flexibility index (Phi) is 2.75. The summed E-state index contributed by atoms with van der Waals surface area (Å²) in [6.07, 6.45) is 0. The molecule has 0 N–H and O–H groups in total. The van der Waals surface area contributed by atoms with Gasteiger partial charge in [0.2, 0.25) is 0 Å². The third kappa shape index (κ3) is 1.95. The Labute approximate surface area is 96.0 Å². The van der Waals surface area contributed by atoms with Crippen LogP contribution in [0.2, 0.25) is 0 Å². The molecular weight excluding hydrogens is 228 g/mol. The van der Waals surface area contributed by atoms with Gasteiger partial charge in [-0.05, 0) is 32.0 Å². The van der Waals surface area contributed by atoms with E-state index in [-0.39, 0.29) is 17.0 Å². The van der Waals surface area contributed by atoms with E-state index in [1.165, 1.54) is 13.0 Å². The van der Waals surface area contributed by atoms with Gasteiger partial charge in [-0.25, -0.2) is 8.78 Å². The number of halogens is 2. The molecule has 1 aromatic heterocycles. The second-order valence-corrected chi connectivity index (χ2v) is 3.65. The fourth-order valence-electron chi connectivity index (χ4n) is 1.63. The van der Waals surface area contributed by atoms with Crippen LogP contribution in [0.25, 0.3) is 11.3 Å². The lowest BCUT2D eigenvalue weighted by Gasteiger charge is -2.00. The smallest absolute Gasteiger partial charge is 0.165 e. The summed E-state index contributed by atoms with van der Waals surface area (Å²) in [4.78, 5) is 11.4. The number of Topliss-reactive ketones (excluding diaryl/α,β-unsaturated/α-hetero) is 1. The lowest BCUT2D eigenvalue weighted by Crippen LogP contribution is -1.96. The molecule has 0 radical (unpaired) electrons. The Hall–Kier alpha value is -2.04. The van der Waals surface area contributed by atoms with Gasteiger partial charge in [0.15, 0.2) is 17.4 Å². The first-order valence-corrected chi connectivity index (χ1v) is 4.93. The van der Waals surface area contributed by atoms with E-state index in [0.717, 1.165) is 12.1 Å². The second kappa shape index (κ2) is 4.08. The van der Waals surface area contributed by atoms with Crippen LogP contribution in [-0.4, -0.2) is 10.9 Å². The zero-order valence-electron chi connectivity index (χ0n) is 9.25. The SMILES string of the molecule is CC(=O)c1c(-c2ccc(F)c(F)c2)noc1C. The van der Waals surface area contributed by atoms with Crippen LogP contribution in [0.15, 0.2) is 22.7 Å². The highest BCUT2D eigenvalue weighted by Crippen LogP contribution is 2.26. The van der Waals surface area contributed by atoms with E-state index in [4.69, 9.17) is 4.52 Å². The Morgan fingerprint density at radius 3 is 2.59 bits per heavy atom. The van der Waals surface area contributed by atoms with E-state index in [1.54, 1.807) is 6.92 Å². The first-order chi connectivity index (χ1) is 8.00. The minimum absolute atomic E-state index is 0.230. The summed E-state index contributed by atoms with van der Waals surface area (Å²) < 4.78 is 30.8. The van der Waals surface area contributed by atoms with Crippen molar-refractivity contribution in [2.24, 2.45) is 0 Å². The van der Waals surface area contributed by atoms with E-state index in [1.807, 2.05) is 0 Å². The largest absolute Gasteiger partial charge is 0.360 e. The van der Waals surface area contributed by atoms with Crippen molar-refractivity contribution in [1.29, 1.82) is 0 Å². The molecule has 0 amide bonds. The summed E-state index contributed by atoms with van der Waals surface area (Å²) in [5.74, 6) is -1.81. The molecule has 0 bridgehead atoms. The third-order valence-electron chi connectivity index (χ3n) is 2.41. The zero-order valence-corrected chi connectivity index (χ0v) is 9.25. The normalized spacial score (nSPS) is 10.6. The lowest BCUT2D eigenvalue weighted by molar-refractivity contribution is 0.101. The summed E-state index contributed by atoms with van der Waals surface area (Å²) in [5, 5.41) is 3.69. The molecule has 0 aliphatic rings. The van der Waals surface area contributed by atoms with Crippen molar-refractivity contribution >= 4 is 5.78 Å². The standard InChI is InChI=1S/C12H9F2NO2/c1-6(16)11-7(2)17-15-12(11)8-3-4-9(13)10(14)5-8/h3-5H,1-2H3. The molecule has 3 nitrogen and oxygen atoms in total. The molecule has 1 heterocycles. The fourth-order valence-corrected chi connectivity index (χ4v) is 1.63. The minimum atomic E-state index is -0.988. The van der Waals surface area contributed by atoms with Crippen molar-refractivity contribution in [1.82, 2.24) is 5.16 Å². The maximum Gasteiger partial charge on any atom is 0.165 e. The van der Waals surface area contributed by atoms with Crippen molar-refractivity contribution in [3.05, 3.63) is 41.2 Å². The monoisotopic (exact) mass is 237 g/mol. The maximum absolute atomic E-state index is 13.1. The number of hydrogen-bond acceptors (Lipinski definition) is 3. The Balaban J connectivity index is 2.60. The molecule has 0 saturated heterocycles.